The smallest absolute Gasteiger partial charge is 0.244 e. The molecule has 1 aromatic rings. The van der Waals surface area contributed by atoms with E-state index in [9.17, 15) is 4.79 Å². The lowest BCUT2D eigenvalue weighted by Crippen LogP contribution is -2.34. The molecule has 0 radical (unpaired) electrons. The first-order valence-electron chi connectivity index (χ1n) is 6.16. The van der Waals surface area contributed by atoms with Crippen LogP contribution in [0.1, 0.15) is 25.8 Å². The van der Waals surface area contributed by atoms with Gasteiger partial charge < -0.3 is 10.2 Å². The number of carbonyl (C=O) groups excluding carboxylic acids is 1. The number of halogens is 1. The molecule has 1 unspecified atom stereocenters. The normalized spacial score (nSPS) is 12.7. The summed E-state index contributed by atoms with van der Waals surface area (Å²) in [7, 11) is 4.03. The third-order valence-corrected chi connectivity index (χ3v) is 2.86. The molecule has 102 valence electrons. The number of amides is 1. The third-order valence-electron chi connectivity index (χ3n) is 2.66. The second kappa shape index (κ2) is 7.38. The van der Waals surface area contributed by atoms with Crippen LogP contribution < -0.4 is 5.32 Å². The number of hydrogen-bond donors (Lipinski definition) is 1. The Hall–Kier alpha value is -1.07. The SMILES string of the molecule is CCC(C(=O)NCCCN(C)C)n1cc(Cl)cn1. The molecule has 1 N–H and O–H groups in total. The van der Waals surface area contributed by atoms with E-state index in [1.807, 2.05) is 21.0 Å². The molecule has 1 amide bonds. The Morgan fingerprint density at radius 1 is 1.61 bits per heavy atom. The van der Waals surface area contributed by atoms with Crippen LogP contribution >= 0.6 is 11.6 Å². The zero-order chi connectivity index (χ0) is 13.5. The van der Waals surface area contributed by atoms with E-state index in [1.54, 1.807) is 17.1 Å². The van der Waals surface area contributed by atoms with Gasteiger partial charge in [-0.05, 0) is 33.5 Å². The van der Waals surface area contributed by atoms with Crippen molar-refractivity contribution in [1.29, 1.82) is 0 Å². The lowest BCUT2D eigenvalue weighted by atomic mass is 10.2. The summed E-state index contributed by atoms with van der Waals surface area (Å²) in [5, 5.41) is 7.56. The first-order chi connectivity index (χ1) is 8.54. The summed E-state index contributed by atoms with van der Waals surface area (Å²) in [5.74, 6) is -0.00368. The predicted molar refractivity (Wildman–Crippen MR) is 72.7 cm³/mol. The molecule has 0 saturated carbocycles. The predicted octanol–water partition coefficient (Wildman–Crippen LogP) is 1.56. The summed E-state index contributed by atoms with van der Waals surface area (Å²) >= 11 is 5.81. The van der Waals surface area contributed by atoms with Crippen LogP contribution in [0, 0.1) is 0 Å². The van der Waals surface area contributed by atoms with Gasteiger partial charge in [-0.3, -0.25) is 9.48 Å². The van der Waals surface area contributed by atoms with Crippen molar-refractivity contribution in [2.45, 2.75) is 25.8 Å². The molecule has 0 saturated heterocycles. The molecule has 0 spiro atoms. The van der Waals surface area contributed by atoms with Crippen molar-refractivity contribution < 1.29 is 4.79 Å². The van der Waals surface area contributed by atoms with E-state index in [0.29, 0.717) is 18.0 Å². The summed E-state index contributed by atoms with van der Waals surface area (Å²) in [4.78, 5) is 14.1. The lowest BCUT2D eigenvalue weighted by Gasteiger charge is -2.16. The van der Waals surface area contributed by atoms with Crippen molar-refractivity contribution in [3.63, 3.8) is 0 Å². The minimum Gasteiger partial charge on any atom is -0.354 e. The fraction of sp³-hybridized carbons (Fsp3) is 0.667. The van der Waals surface area contributed by atoms with Gasteiger partial charge in [0.25, 0.3) is 0 Å². The van der Waals surface area contributed by atoms with E-state index in [2.05, 4.69) is 15.3 Å². The molecule has 18 heavy (non-hydrogen) atoms. The lowest BCUT2D eigenvalue weighted by molar-refractivity contribution is -0.124. The quantitative estimate of drug-likeness (QED) is 0.767. The van der Waals surface area contributed by atoms with Crippen LogP contribution in [0.25, 0.3) is 0 Å². The van der Waals surface area contributed by atoms with Crippen molar-refractivity contribution in [3.8, 4) is 0 Å². The van der Waals surface area contributed by atoms with Crippen LogP contribution in [0.5, 0.6) is 0 Å². The largest absolute Gasteiger partial charge is 0.354 e. The zero-order valence-electron chi connectivity index (χ0n) is 11.2. The standard InChI is InChI=1S/C12H21ClN4O/c1-4-11(17-9-10(13)8-15-17)12(18)14-6-5-7-16(2)3/h8-9,11H,4-7H2,1-3H3,(H,14,18). The number of aromatic nitrogens is 2. The van der Waals surface area contributed by atoms with Gasteiger partial charge in [-0.1, -0.05) is 18.5 Å². The van der Waals surface area contributed by atoms with Gasteiger partial charge in [-0.2, -0.15) is 5.10 Å². The number of nitrogens with zero attached hydrogens (tertiary/aromatic N) is 3. The average molecular weight is 273 g/mol. The fourth-order valence-electron chi connectivity index (χ4n) is 1.70. The van der Waals surface area contributed by atoms with Crippen LogP contribution in [0.15, 0.2) is 12.4 Å². The first-order valence-corrected chi connectivity index (χ1v) is 6.54. The Bertz CT molecular complexity index is 378. The highest BCUT2D eigenvalue weighted by Gasteiger charge is 2.18. The molecule has 0 aliphatic rings. The van der Waals surface area contributed by atoms with Gasteiger partial charge in [0, 0.05) is 12.7 Å². The molecule has 1 atom stereocenters. The maximum Gasteiger partial charge on any atom is 0.244 e. The van der Waals surface area contributed by atoms with Crippen LogP contribution in [-0.4, -0.2) is 47.8 Å². The van der Waals surface area contributed by atoms with E-state index in [-0.39, 0.29) is 11.9 Å². The molecule has 0 bridgehead atoms. The van der Waals surface area contributed by atoms with Crippen LogP contribution in [0.3, 0.4) is 0 Å². The number of nitrogens with one attached hydrogen (secondary N) is 1. The highest BCUT2D eigenvalue weighted by molar-refractivity contribution is 6.30. The minimum atomic E-state index is -0.281. The Morgan fingerprint density at radius 3 is 2.83 bits per heavy atom. The van der Waals surface area contributed by atoms with Crippen molar-refractivity contribution in [1.82, 2.24) is 20.0 Å². The van der Waals surface area contributed by atoms with Gasteiger partial charge in [0.2, 0.25) is 5.91 Å². The van der Waals surface area contributed by atoms with Crippen molar-refractivity contribution in [3.05, 3.63) is 17.4 Å². The summed E-state index contributed by atoms with van der Waals surface area (Å²) in [5.41, 5.74) is 0. The van der Waals surface area contributed by atoms with Gasteiger partial charge in [0.1, 0.15) is 6.04 Å². The topological polar surface area (TPSA) is 50.2 Å². The van der Waals surface area contributed by atoms with Crippen molar-refractivity contribution in [2.24, 2.45) is 0 Å². The second-order valence-corrected chi connectivity index (χ2v) is 4.95. The van der Waals surface area contributed by atoms with Gasteiger partial charge in [-0.15, -0.1) is 0 Å². The Kier molecular flexibility index (Phi) is 6.15. The highest BCUT2D eigenvalue weighted by atomic mass is 35.5. The maximum atomic E-state index is 12.0. The molecule has 1 heterocycles. The van der Waals surface area contributed by atoms with Crippen molar-refractivity contribution in [2.75, 3.05) is 27.2 Å². The fourth-order valence-corrected chi connectivity index (χ4v) is 1.85. The molecule has 0 aliphatic heterocycles. The summed E-state index contributed by atoms with van der Waals surface area (Å²) in [6.45, 7) is 3.60. The Labute approximate surface area is 113 Å². The minimum absolute atomic E-state index is 0.00368. The molecule has 6 heteroatoms. The monoisotopic (exact) mass is 272 g/mol. The molecule has 5 nitrogen and oxygen atoms in total. The van der Waals surface area contributed by atoms with E-state index in [0.717, 1.165) is 13.0 Å². The molecule has 1 aromatic heterocycles. The van der Waals surface area contributed by atoms with Gasteiger partial charge in [0.15, 0.2) is 0 Å². The maximum absolute atomic E-state index is 12.0. The van der Waals surface area contributed by atoms with E-state index in [1.165, 1.54) is 0 Å². The molecule has 1 rings (SSSR count). The molecular weight excluding hydrogens is 252 g/mol. The third kappa shape index (κ3) is 4.66. The van der Waals surface area contributed by atoms with Crippen LogP contribution in [-0.2, 0) is 4.79 Å². The van der Waals surface area contributed by atoms with E-state index < -0.39 is 0 Å². The van der Waals surface area contributed by atoms with Gasteiger partial charge >= 0.3 is 0 Å². The Balaban J connectivity index is 2.43. The molecule has 0 aromatic carbocycles. The van der Waals surface area contributed by atoms with Gasteiger partial charge in [-0.25, -0.2) is 0 Å². The highest BCUT2D eigenvalue weighted by Crippen LogP contribution is 2.14. The Morgan fingerprint density at radius 2 is 2.33 bits per heavy atom. The second-order valence-electron chi connectivity index (χ2n) is 4.51. The zero-order valence-corrected chi connectivity index (χ0v) is 11.9. The molecule has 0 fully saturated rings. The molecule has 0 aliphatic carbocycles. The van der Waals surface area contributed by atoms with Crippen LogP contribution in [0.4, 0.5) is 0 Å². The average Bonchev–Trinajstić information content (AvgIpc) is 2.72. The first kappa shape index (κ1) is 15.0. The van der Waals surface area contributed by atoms with Crippen molar-refractivity contribution >= 4 is 17.5 Å². The van der Waals surface area contributed by atoms with E-state index in [4.69, 9.17) is 11.6 Å². The molecular formula is C12H21ClN4O. The van der Waals surface area contributed by atoms with Gasteiger partial charge in [0.05, 0.1) is 11.2 Å². The van der Waals surface area contributed by atoms with Crippen LogP contribution in [0.2, 0.25) is 5.02 Å². The summed E-state index contributed by atoms with van der Waals surface area (Å²) in [6.07, 6.45) is 4.85. The summed E-state index contributed by atoms with van der Waals surface area (Å²) < 4.78 is 1.61. The number of carbonyl (C=O) groups is 1. The van der Waals surface area contributed by atoms with E-state index >= 15 is 0 Å². The number of hydrogen-bond acceptors (Lipinski definition) is 3. The summed E-state index contributed by atoms with van der Waals surface area (Å²) in [6, 6.07) is -0.281. The number of rotatable bonds is 7.